The first kappa shape index (κ1) is 12.4. The van der Waals surface area contributed by atoms with Gasteiger partial charge in [-0.05, 0) is 19.1 Å². The van der Waals surface area contributed by atoms with Crippen LogP contribution in [-0.2, 0) is 0 Å². The minimum absolute atomic E-state index is 0.100. The van der Waals surface area contributed by atoms with Crippen LogP contribution in [0.5, 0.6) is 0 Å². The van der Waals surface area contributed by atoms with Crippen LogP contribution in [-0.4, -0.2) is 23.0 Å². The molecule has 15 heavy (non-hydrogen) atoms. The number of hydrogen-bond donors (Lipinski definition) is 2. The van der Waals surface area contributed by atoms with Crippen LogP contribution in [0.3, 0.4) is 0 Å². The van der Waals surface area contributed by atoms with Crippen LogP contribution >= 0.6 is 11.8 Å². The second-order valence-electron chi connectivity index (χ2n) is 3.56. The fourth-order valence-corrected chi connectivity index (χ4v) is 1.83. The minimum atomic E-state index is -1.04. The average Bonchev–Trinajstić information content (AvgIpc) is 2.16. The quantitative estimate of drug-likeness (QED) is 0.779. The zero-order valence-corrected chi connectivity index (χ0v) is 9.15. The summed E-state index contributed by atoms with van der Waals surface area (Å²) in [5.41, 5.74) is 4.28. The van der Waals surface area contributed by atoms with E-state index in [1.165, 1.54) is 12.1 Å². The number of rotatable bonds is 4. The molecule has 0 aromatic heterocycles. The zero-order valence-electron chi connectivity index (χ0n) is 8.34. The van der Waals surface area contributed by atoms with Gasteiger partial charge in [0.2, 0.25) is 0 Å². The van der Waals surface area contributed by atoms with Gasteiger partial charge in [-0.15, -0.1) is 11.8 Å². The van der Waals surface area contributed by atoms with Crippen molar-refractivity contribution < 1.29 is 13.9 Å². The summed E-state index contributed by atoms with van der Waals surface area (Å²) in [4.78, 5) is 0.310. The monoisotopic (exact) mass is 233 g/mol. The van der Waals surface area contributed by atoms with Gasteiger partial charge in [-0.2, -0.15) is 0 Å². The lowest BCUT2D eigenvalue weighted by atomic mass is 10.1. The number of aliphatic hydroxyl groups is 1. The minimum Gasteiger partial charge on any atom is -0.388 e. The number of benzene rings is 1. The molecule has 0 bridgehead atoms. The third-order valence-electron chi connectivity index (χ3n) is 1.87. The first-order valence-electron chi connectivity index (χ1n) is 4.45. The molecule has 3 N–H and O–H groups in total. The largest absolute Gasteiger partial charge is 0.388 e. The van der Waals surface area contributed by atoms with Crippen LogP contribution in [0.1, 0.15) is 6.92 Å². The highest BCUT2D eigenvalue weighted by Gasteiger charge is 2.19. The lowest BCUT2D eigenvalue weighted by molar-refractivity contribution is 0.0949. The van der Waals surface area contributed by atoms with Gasteiger partial charge in [0, 0.05) is 23.3 Å². The molecule has 0 amide bonds. The Labute approximate surface area is 91.5 Å². The van der Waals surface area contributed by atoms with E-state index in [2.05, 4.69) is 0 Å². The molecule has 0 aliphatic rings. The Bertz CT molecular complexity index is 344. The van der Waals surface area contributed by atoms with E-state index in [0.29, 0.717) is 4.90 Å². The molecule has 1 aromatic rings. The molecule has 0 saturated carbocycles. The lowest BCUT2D eigenvalue weighted by Gasteiger charge is -2.20. The molecule has 0 spiro atoms. The Hall–Kier alpha value is -0.650. The number of thioether (sulfide) groups is 1. The van der Waals surface area contributed by atoms with E-state index in [1.54, 1.807) is 6.92 Å². The van der Waals surface area contributed by atoms with E-state index >= 15 is 0 Å². The maximum Gasteiger partial charge on any atom is 0.139 e. The second-order valence-corrected chi connectivity index (χ2v) is 4.58. The molecule has 2 nitrogen and oxygen atoms in total. The highest BCUT2D eigenvalue weighted by molar-refractivity contribution is 7.99. The Morgan fingerprint density at radius 3 is 2.67 bits per heavy atom. The summed E-state index contributed by atoms with van der Waals surface area (Å²) in [5.74, 6) is -0.957. The first-order valence-corrected chi connectivity index (χ1v) is 5.43. The van der Waals surface area contributed by atoms with Crippen molar-refractivity contribution in [3.63, 3.8) is 0 Å². The van der Waals surface area contributed by atoms with E-state index in [9.17, 15) is 13.9 Å². The van der Waals surface area contributed by atoms with Gasteiger partial charge >= 0.3 is 0 Å². The molecule has 1 unspecified atom stereocenters. The molecule has 1 atom stereocenters. The number of hydrogen-bond acceptors (Lipinski definition) is 3. The van der Waals surface area contributed by atoms with Crippen molar-refractivity contribution in [1.29, 1.82) is 0 Å². The van der Waals surface area contributed by atoms with Gasteiger partial charge in [0.05, 0.1) is 5.60 Å². The number of halogens is 2. The van der Waals surface area contributed by atoms with Crippen LogP contribution < -0.4 is 5.73 Å². The molecular formula is C10H13F2NOS. The van der Waals surface area contributed by atoms with Crippen LogP contribution in [0, 0.1) is 11.6 Å². The molecule has 0 aliphatic carbocycles. The van der Waals surface area contributed by atoms with E-state index in [4.69, 9.17) is 5.73 Å². The maximum absolute atomic E-state index is 13.2. The van der Waals surface area contributed by atoms with Gasteiger partial charge in [-0.25, -0.2) is 8.78 Å². The predicted octanol–water partition coefficient (Wildman–Crippen LogP) is 1.77. The van der Waals surface area contributed by atoms with Crippen molar-refractivity contribution in [2.24, 2.45) is 5.73 Å². The van der Waals surface area contributed by atoms with Crippen molar-refractivity contribution >= 4 is 11.8 Å². The van der Waals surface area contributed by atoms with Crippen LogP contribution in [0.4, 0.5) is 8.78 Å². The topological polar surface area (TPSA) is 46.2 Å². The van der Waals surface area contributed by atoms with Gasteiger partial charge < -0.3 is 10.8 Å². The normalized spacial score (nSPS) is 15.0. The molecule has 84 valence electrons. The summed E-state index contributed by atoms with van der Waals surface area (Å²) in [6, 6.07) is 3.35. The maximum atomic E-state index is 13.2. The van der Waals surface area contributed by atoms with Crippen LogP contribution in [0.2, 0.25) is 0 Å². The highest BCUT2D eigenvalue weighted by Crippen LogP contribution is 2.25. The first-order chi connectivity index (χ1) is 6.94. The van der Waals surface area contributed by atoms with Gasteiger partial charge in [-0.3, -0.25) is 0 Å². The summed E-state index contributed by atoms with van der Waals surface area (Å²) in [5, 5.41) is 9.59. The smallest absolute Gasteiger partial charge is 0.139 e. The Balaban J connectivity index is 2.66. The SMILES string of the molecule is CC(O)(CN)CSc1ccc(F)cc1F. The fourth-order valence-electron chi connectivity index (χ4n) is 0.884. The molecule has 5 heteroatoms. The highest BCUT2D eigenvalue weighted by atomic mass is 32.2. The van der Waals surface area contributed by atoms with Crippen molar-refractivity contribution in [3.8, 4) is 0 Å². The van der Waals surface area contributed by atoms with E-state index < -0.39 is 17.2 Å². The summed E-state index contributed by atoms with van der Waals surface area (Å²) < 4.78 is 25.7. The summed E-state index contributed by atoms with van der Waals surface area (Å²) in [7, 11) is 0. The van der Waals surface area contributed by atoms with E-state index in [1.807, 2.05) is 0 Å². The predicted molar refractivity (Wildman–Crippen MR) is 56.8 cm³/mol. The molecule has 0 radical (unpaired) electrons. The average molecular weight is 233 g/mol. The van der Waals surface area contributed by atoms with Gasteiger partial charge in [0.1, 0.15) is 11.6 Å². The molecule has 1 rings (SSSR count). The molecule has 1 aromatic carbocycles. The number of nitrogens with two attached hydrogens (primary N) is 1. The lowest BCUT2D eigenvalue weighted by Crippen LogP contribution is -2.36. The third-order valence-corrected chi connectivity index (χ3v) is 3.28. The Morgan fingerprint density at radius 1 is 1.47 bits per heavy atom. The zero-order chi connectivity index (χ0) is 11.5. The molecule has 0 aliphatic heterocycles. The molecule has 0 saturated heterocycles. The van der Waals surface area contributed by atoms with Crippen molar-refractivity contribution in [1.82, 2.24) is 0 Å². The van der Waals surface area contributed by atoms with Gasteiger partial charge in [0.25, 0.3) is 0 Å². The third kappa shape index (κ3) is 3.77. The fraction of sp³-hybridized carbons (Fsp3) is 0.400. The van der Waals surface area contributed by atoms with Gasteiger partial charge in [0.15, 0.2) is 0 Å². The van der Waals surface area contributed by atoms with Crippen molar-refractivity contribution in [2.45, 2.75) is 17.4 Å². The molecular weight excluding hydrogens is 220 g/mol. The Kier molecular flexibility index (Phi) is 4.07. The van der Waals surface area contributed by atoms with Crippen molar-refractivity contribution in [2.75, 3.05) is 12.3 Å². The van der Waals surface area contributed by atoms with Crippen LogP contribution in [0.25, 0.3) is 0 Å². The van der Waals surface area contributed by atoms with E-state index in [-0.39, 0.29) is 12.3 Å². The van der Waals surface area contributed by atoms with Gasteiger partial charge in [-0.1, -0.05) is 0 Å². The van der Waals surface area contributed by atoms with Crippen molar-refractivity contribution in [3.05, 3.63) is 29.8 Å². The summed E-state index contributed by atoms with van der Waals surface area (Å²) in [6.45, 7) is 1.67. The second kappa shape index (κ2) is 4.92. The summed E-state index contributed by atoms with van der Waals surface area (Å²) in [6.07, 6.45) is 0. The molecule has 0 heterocycles. The standard InChI is InChI=1S/C10H13F2NOS/c1-10(14,5-13)6-15-9-3-2-7(11)4-8(9)12/h2-4,14H,5-6,13H2,1H3. The molecule has 0 fully saturated rings. The van der Waals surface area contributed by atoms with E-state index in [0.717, 1.165) is 17.8 Å². The van der Waals surface area contributed by atoms with Crippen LogP contribution in [0.15, 0.2) is 23.1 Å². The summed E-state index contributed by atoms with van der Waals surface area (Å²) >= 11 is 1.12. The Morgan fingerprint density at radius 2 is 2.13 bits per heavy atom.